The Labute approximate surface area is 177 Å². The summed E-state index contributed by atoms with van der Waals surface area (Å²) in [5.41, 5.74) is -1.08. The first-order valence-electron chi connectivity index (χ1n) is 9.42. The molecule has 2 amide bonds. The second-order valence-electron chi connectivity index (χ2n) is 7.37. The topological polar surface area (TPSA) is 192 Å². The van der Waals surface area contributed by atoms with E-state index in [1.54, 1.807) is 0 Å². The van der Waals surface area contributed by atoms with Crippen LogP contribution in [0.2, 0.25) is 0 Å². The van der Waals surface area contributed by atoms with Crippen LogP contribution in [0.5, 0.6) is 0 Å². The number of ether oxygens (including phenoxy) is 2. The van der Waals surface area contributed by atoms with Crippen molar-refractivity contribution in [2.45, 2.75) is 73.4 Å². The van der Waals surface area contributed by atoms with Gasteiger partial charge in [0.1, 0.15) is 23.7 Å². The van der Waals surface area contributed by atoms with E-state index in [9.17, 15) is 40.2 Å². The Balaban J connectivity index is 2.31. The quantitative estimate of drug-likeness (QED) is 0.226. The molecule has 0 saturated carbocycles. The first-order chi connectivity index (χ1) is 14.0. The molecule has 0 aromatic rings. The summed E-state index contributed by atoms with van der Waals surface area (Å²) in [6.45, 7) is 1.19. The first kappa shape index (κ1) is 25.2. The molecule has 2 saturated heterocycles. The van der Waals surface area contributed by atoms with Crippen LogP contribution in [0, 0.1) is 0 Å². The Hall–Kier alpha value is -1.03. The van der Waals surface area contributed by atoms with Crippen molar-refractivity contribution in [2.24, 2.45) is 0 Å². The first-order valence-corrected chi connectivity index (χ1v) is 10.4. The van der Waals surface area contributed by atoms with Gasteiger partial charge in [0.15, 0.2) is 0 Å². The zero-order valence-electron chi connectivity index (χ0n) is 16.8. The van der Waals surface area contributed by atoms with Crippen LogP contribution in [0.25, 0.3) is 0 Å². The maximum atomic E-state index is 12.4. The highest BCUT2D eigenvalue weighted by molar-refractivity contribution is 8.00. The molecule has 12 nitrogen and oxygen atoms in total. The summed E-state index contributed by atoms with van der Waals surface area (Å²) in [5, 5.41) is 64.3. The van der Waals surface area contributed by atoms with E-state index in [0.717, 1.165) is 16.7 Å². The Morgan fingerprint density at radius 2 is 1.63 bits per heavy atom. The summed E-state index contributed by atoms with van der Waals surface area (Å²) in [6, 6.07) is -2.37. The van der Waals surface area contributed by atoms with Crippen LogP contribution in [0.3, 0.4) is 0 Å². The van der Waals surface area contributed by atoms with E-state index >= 15 is 0 Å². The highest BCUT2D eigenvalue weighted by atomic mass is 32.2. The number of nitrogens with one attached hydrogen (secondary N) is 1. The van der Waals surface area contributed by atoms with Crippen molar-refractivity contribution in [3.63, 3.8) is 0 Å². The predicted molar refractivity (Wildman–Crippen MR) is 101 cm³/mol. The number of aliphatic hydroxyl groups is 5. The maximum Gasteiger partial charge on any atom is 0.219 e. The van der Waals surface area contributed by atoms with Gasteiger partial charge in [-0.25, -0.2) is 0 Å². The van der Waals surface area contributed by atoms with Gasteiger partial charge in [0.2, 0.25) is 11.8 Å². The van der Waals surface area contributed by atoms with Gasteiger partial charge in [-0.05, 0) is 0 Å². The highest BCUT2D eigenvalue weighted by Crippen LogP contribution is 2.38. The summed E-state index contributed by atoms with van der Waals surface area (Å²) < 4.78 is 10.9. The molecule has 0 radical (unpaired) electrons. The lowest BCUT2D eigenvalue weighted by atomic mass is 9.98. The van der Waals surface area contributed by atoms with Crippen molar-refractivity contribution >= 4 is 23.6 Å². The molecular formula is C17H29N2O10S-. The standard InChI is InChI=1S/C17H29N2O10S/c1-6(22)18-10-13(25)12(24)8(4-20)29-17(10)30-15-9(5-21)28-16(27)11(14(15)26)19(3)7(2)23/h8-17,20-21,24-26H,4-5H2,1-3H3,(H,18,22)/q-1/t8-,9-,10-,11-,12-,13-,14-,15-,16+,17+/m1/s1. The van der Waals surface area contributed by atoms with Crippen LogP contribution in [-0.4, -0.2) is 122 Å². The lowest BCUT2D eigenvalue weighted by molar-refractivity contribution is -0.519. The molecule has 0 aliphatic carbocycles. The number of hydrogen-bond donors (Lipinski definition) is 6. The molecule has 13 heteroatoms. The van der Waals surface area contributed by atoms with E-state index in [-0.39, 0.29) is 0 Å². The highest BCUT2D eigenvalue weighted by Gasteiger charge is 2.50. The summed E-state index contributed by atoms with van der Waals surface area (Å²) >= 11 is 0.861. The van der Waals surface area contributed by atoms with Crippen molar-refractivity contribution in [1.82, 2.24) is 10.2 Å². The zero-order valence-corrected chi connectivity index (χ0v) is 17.6. The van der Waals surface area contributed by atoms with E-state index in [1.807, 2.05) is 0 Å². The lowest BCUT2D eigenvalue weighted by Gasteiger charge is -2.52. The molecule has 0 aromatic carbocycles. The number of carbonyl (C=O) groups is 2. The molecule has 2 aliphatic rings. The number of aliphatic hydroxyl groups excluding tert-OH is 5. The summed E-state index contributed by atoms with van der Waals surface area (Å²) in [4.78, 5) is 24.3. The third-order valence-electron chi connectivity index (χ3n) is 5.31. The Bertz CT molecular complexity index is 613. The van der Waals surface area contributed by atoms with Gasteiger partial charge < -0.3 is 50.3 Å². The summed E-state index contributed by atoms with van der Waals surface area (Å²) in [5.74, 6) is -0.991. The zero-order chi connectivity index (χ0) is 22.7. The fourth-order valence-corrected chi connectivity index (χ4v) is 5.15. The molecule has 6 N–H and O–H groups in total. The number of nitrogens with zero attached hydrogens (tertiary/aromatic N) is 1. The molecule has 2 rings (SSSR count). The van der Waals surface area contributed by atoms with Crippen LogP contribution in [0.1, 0.15) is 13.8 Å². The van der Waals surface area contributed by atoms with Crippen LogP contribution < -0.4 is 10.4 Å². The number of likely N-dealkylation sites (N-methyl/N-ethyl adjacent to an activating group) is 1. The second-order valence-corrected chi connectivity index (χ2v) is 8.65. The van der Waals surface area contributed by atoms with Gasteiger partial charge in [0, 0.05) is 27.2 Å². The van der Waals surface area contributed by atoms with E-state index in [4.69, 9.17) is 9.47 Å². The Morgan fingerprint density at radius 1 is 1.03 bits per heavy atom. The predicted octanol–water partition coefficient (Wildman–Crippen LogP) is -4.68. The average molecular weight is 453 g/mol. The number of hydrogen-bond acceptors (Lipinski definition) is 11. The van der Waals surface area contributed by atoms with E-state index in [0.29, 0.717) is 0 Å². The van der Waals surface area contributed by atoms with Crippen molar-refractivity contribution in [3.05, 3.63) is 0 Å². The fraction of sp³-hybridized carbons (Fsp3) is 0.882. The molecule has 2 aliphatic heterocycles. The molecular weight excluding hydrogens is 424 g/mol. The number of amides is 2. The molecule has 10 atom stereocenters. The molecule has 30 heavy (non-hydrogen) atoms. The van der Waals surface area contributed by atoms with Crippen LogP contribution in [0.15, 0.2) is 0 Å². The van der Waals surface area contributed by atoms with Crippen molar-refractivity contribution < 1.29 is 49.7 Å². The fourth-order valence-electron chi connectivity index (χ4n) is 3.58. The number of thioether (sulfide) groups is 1. The SMILES string of the molecule is CC(=O)N[C@@H]1[C@@H](O)[C@H](O)[C@@H](CO)O[C@H]1S[C@H]1[C@H](O)[C@@H](N(C)C(C)=O)[C@@H]([O-])O[C@@H]1CO. The van der Waals surface area contributed by atoms with Crippen molar-refractivity contribution in [3.8, 4) is 0 Å². The lowest BCUT2D eigenvalue weighted by Crippen LogP contribution is -2.68. The molecule has 0 bridgehead atoms. The average Bonchev–Trinajstić information content (AvgIpc) is 2.68. The van der Waals surface area contributed by atoms with Crippen LogP contribution >= 0.6 is 11.8 Å². The Morgan fingerprint density at radius 3 is 2.13 bits per heavy atom. The molecule has 2 fully saturated rings. The third kappa shape index (κ3) is 5.23. The van der Waals surface area contributed by atoms with Gasteiger partial charge in [-0.1, -0.05) is 0 Å². The minimum atomic E-state index is -1.81. The minimum Gasteiger partial charge on any atom is -0.829 e. The molecule has 0 aromatic heterocycles. The van der Waals surface area contributed by atoms with E-state index in [1.165, 1.54) is 20.9 Å². The minimum absolute atomic E-state index is 0.473. The molecule has 2 heterocycles. The smallest absolute Gasteiger partial charge is 0.219 e. The Kier molecular flexibility index (Phi) is 8.85. The largest absolute Gasteiger partial charge is 0.829 e. The van der Waals surface area contributed by atoms with E-state index in [2.05, 4.69) is 5.32 Å². The van der Waals surface area contributed by atoms with Gasteiger partial charge in [-0.2, -0.15) is 0 Å². The van der Waals surface area contributed by atoms with Gasteiger partial charge in [-0.3, -0.25) is 9.59 Å². The number of carbonyl (C=O) groups excluding carboxylic acids is 2. The van der Waals surface area contributed by atoms with Crippen LogP contribution in [0.4, 0.5) is 0 Å². The summed E-state index contributed by atoms with van der Waals surface area (Å²) in [7, 11) is 1.34. The van der Waals surface area contributed by atoms with E-state index < -0.39 is 84.6 Å². The van der Waals surface area contributed by atoms with Gasteiger partial charge in [0.05, 0.1) is 42.8 Å². The maximum absolute atomic E-state index is 12.4. The van der Waals surface area contributed by atoms with Crippen molar-refractivity contribution in [2.75, 3.05) is 20.3 Å². The van der Waals surface area contributed by atoms with Gasteiger partial charge in [0.25, 0.3) is 0 Å². The number of rotatable bonds is 6. The van der Waals surface area contributed by atoms with Gasteiger partial charge in [-0.15, -0.1) is 11.8 Å². The third-order valence-corrected chi connectivity index (χ3v) is 6.88. The molecule has 0 unspecified atom stereocenters. The summed E-state index contributed by atoms with van der Waals surface area (Å²) in [6.07, 6.45) is -8.50. The second kappa shape index (κ2) is 10.5. The normalized spacial score (nSPS) is 41.9. The monoisotopic (exact) mass is 453 g/mol. The van der Waals surface area contributed by atoms with Crippen molar-refractivity contribution in [1.29, 1.82) is 0 Å². The van der Waals surface area contributed by atoms with Crippen LogP contribution in [-0.2, 0) is 19.1 Å². The molecule has 0 spiro atoms. The van der Waals surface area contributed by atoms with Gasteiger partial charge >= 0.3 is 0 Å². The molecule has 174 valence electrons.